The molecule has 6 heteroatoms. The lowest BCUT2D eigenvalue weighted by molar-refractivity contribution is 0.0945. The minimum atomic E-state index is -0.236. The van der Waals surface area contributed by atoms with Gasteiger partial charge in [-0.3, -0.25) is 9.78 Å². The Hall–Kier alpha value is -3.93. The highest BCUT2D eigenvalue weighted by molar-refractivity contribution is 5.93. The summed E-state index contributed by atoms with van der Waals surface area (Å²) < 4.78 is 6.92. The van der Waals surface area contributed by atoms with Gasteiger partial charge in [-0.15, -0.1) is 0 Å². The molecule has 6 nitrogen and oxygen atoms in total. The molecule has 0 saturated heterocycles. The maximum Gasteiger partial charge on any atom is 0.272 e. The summed E-state index contributed by atoms with van der Waals surface area (Å²) in [6, 6.07) is 22.9. The number of pyridine rings is 1. The lowest BCUT2D eigenvalue weighted by atomic mass is 10.2. The minimum Gasteiger partial charge on any atom is -0.497 e. The van der Waals surface area contributed by atoms with Gasteiger partial charge >= 0.3 is 0 Å². The first kappa shape index (κ1) is 18.4. The van der Waals surface area contributed by atoms with E-state index in [1.807, 2.05) is 66.7 Å². The summed E-state index contributed by atoms with van der Waals surface area (Å²) in [7, 11) is 1.62. The Bertz CT molecular complexity index is 1030. The third-order valence-electron chi connectivity index (χ3n) is 4.51. The van der Waals surface area contributed by atoms with Crippen LogP contribution in [0, 0.1) is 0 Å². The molecular weight excluding hydrogens is 364 g/mol. The molecule has 0 spiro atoms. The van der Waals surface area contributed by atoms with Crippen molar-refractivity contribution in [1.29, 1.82) is 0 Å². The number of carbonyl (C=O) groups is 1. The van der Waals surface area contributed by atoms with Crippen molar-refractivity contribution < 1.29 is 9.53 Å². The number of hydrogen-bond acceptors (Lipinski definition) is 4. The summed E-state index contributed by atoms with van der Waals surface area (Å²) >= 11 is 0. The Morgan fingerprint density at radius 1 is 1.03 bits per heavy atom. The van der Waals surface area contributed by atoms with Crippen LogP contribution in [-0.2, 0) is 6.54 Å². The molecule has 1 amide bonds. The molecule has 2 heterocycles. The second-order valence-electron chi connectivity index (χ2n) is 6.43. The van der Waals surface area contributed by atoms with E-state index in [9.17, 15) is 4.79 Å². The van der Waals surface area contributed by atoms with E-state index in [1.165, 1.54) is 0 Å². The van der Waals surface area contributed by atoms with Gasteiger partial charge < -0.3 is 10.1 Å². The van der Waals surface area contributed by atoms with Gasteiger partial charge in [-0.1, -0.05) is 30.3 Å². The predicted octanol–water partition coefficient (Wildman–Crippen LogP) is 3.87. The maximum absolute atomic E-state index is 12.7. The Morgan fingerprint density at radius 2 is 1.83 bits per heavy atom. The molecular formula is C23H20N4O2. The van der Waals surface area contributed by atoms with Gasteiger partial charge in [0, 0.05) is 24.5 Å². The lowest BCUT2D eigenvalue weighted by Gasteiger charge is -2.07. The third-order valence-corrected chi connectivity index (χ3v) is 4.51. The molecule has 0 fully saturated rings. The molecule has 29 heavy (non-hydrogen) atoms. The number of benzene rings is 2. The van der Waals surface area contributed by atoms with Gasteiger partial charge in [0.1, 0.15) is 5.75 Å². The quantitative estimate of drug-likeness (QED) is 0.548. The number of carbonyl (C=O) groups excluding carboxylic acids is 1. The van der Waals surface area contributed by atoms with Crippen molar-refractivity contribution >= 4 is 5.91 Å². The number of nitrogens with zero attached hydrogens (tertiary/aromatic N) is 3. The van der Waals surface area contributed by atoms with E-state index in [0.717, 1.165) is 28.3 Å². The number of rotatable bonds is 6. The largest absolute Gasteiger partial charge is 0.497 e. The molecule has 4 rings (SSSR count). The Balaban J connectivity index is 1.60. The van der Waals surface area contributed by atoms with E-state index in [-0.39, 0.29) is 5.91 Å². The van der Waals surface area contributed by atoms with Crippen molar-refractivity contribution in [2.45, 2.75) is 6.54 Å². The van der Waals surface area contributed by atoms with Crippen molar-refractivity contribution in [3.05, 3.63) is 96.4 Å². The molecule has 4 aromatic rings. The molecule has 0 aliphatic carbocycles. The molecule has 0 aliphatic rings. The van der Waals surface area contributed by atoms with Crippen LogP contribution < -0.4 is 10.1 Å². The van der Waals surface area contributed by atoms with Crippen LogP contribution in [0.5, 0.6) is 5.75 Å². The first-order valence-electron chi connectivity index (χ1n) is 9.21. The molecule has 2 aromatic carbocycles. The van der Waals surface area contributed by atoms with E-state index in [1.54, 1.807) is 30.3 Å². The van der Waals surface area contributed by atoms with E-state index >= 15 is 0 Å². The van der Waals surface area contributed by atoms with Gasteiger partial charge in [-0.05, 0) is 48.0 Å². The van der Waals surface area contributed by atoms with Crippen LogP contribution in [0.1, 0.15) is 16.1 Å². The molecule has 0 unspecified atom stereocenters. The molecule has 1 N–H and O–H groups in total. The molecule has 144 valence electrons. The number of ether oxygens (including phenoxy) is 1. The summed E-state index contributed by atoms with van der Waals surface area (Å²) in [6.45, 7) is 0.406. The fraction of sp³-hybridized carbons (Fsp3) is 0.0870. The van der Waals surface area contributed by atoms with Crippen LogP contribution in [0.25, 0.3) is 16.9 Å². The molecule has 0 aliphatic heterocycles. The van der Waals surface area contributed by atoms with Crippen molar-refractivity contribution in [2.24, 2.45) is 0 Å². The summed E-state index contributed by atoms with van der Waals surface area (Å²) in [5.74, 6) is 0.545. The van der Waals surface area contributed by atoms with Crippen molar-refractivity contribution in [3.63, 3.8) is 0 Å². The van der Waals surface area contributed by atoms with Gasteiger partial charge in [0.05, 0.1) is 18.5 Å². The van der Waals surface area contributed by atoms with Crippen molar-refractivity contribution in [2.75, 3.05) is 7.11 Å². The van der Waals surface area contributed by atoms with E-state index in [0.29, 0.717) is 12.2 Å². The van der Waals surface area contributed by atoms with Crippen LogP contribution in [0.4, 0.5) is 0 Å². The zero-order valence-corrected chi connectivity index (χ0v) is 15.9. The Morgan fingerprint density at radius 3 is 2.52 bits per heavy atom. The summed E-state index contributed by atoms with van der Waals surface area (Å²) in [4.78, 5) is 16.9. The highest BCUT2D eigenvalue weighted by Gasteiger charge is 2.16. The van der Waals surface area contributed by atoms with Gasteiger partial charge in [0.15, 0.2) is 5.69 Å². The molecule has 0 saturated carbocycles. The van der Waals surface area contributed by atoms with Crippen molar-refractivity contribution in [1.82, 2.24) is 20.1 Å². The third kappa shape index (κ3) is 4.16. The monoisotopic (exact) mass is 384 g/mol. The van der Waals surface area contributed by atoms with Gasteiger partial charge in [0.25, 0.3) is 5.91 Å². The molecule has 0 bridgehead atoms. The Labute approximate surface area is 168 Å². The standard InChI is InChI=1S/C23H20N4O2/c1-29-20-11-9-17(10-12-20)15-25-23(28)21-14-22(18-6-5-13-24-16-18)27(26-21)19-7-3-2-4-8-19/h2-14,16H,15H2,1H3,(H,25,28). The number of hydrogen-bond donors (Lipinski definition) is 1. The first-order chi connectivity index (χ1) is 14.2. The number of nitrogens with one attached hydrogen (secondary N) is 1. The minimum absolute atomic E-state index is 0.236. The summed E-state index contributed by atoms with van der Waals surface area (Å²) in [5.41, 5.74) is 3.90. The highest BCUT2D eigenvalue weighted by atomic mass is 16.5. The average molecular weight is 384 g/mol. The number of para-hydroxylation sites is 1. The van der Waals surface area contributed by atoms with Crippen molar-refractivity contribution in [3.8, 4) is 22.7 Å². The van der Waals surface area contributed by atoms with Crippen LogP contribution in [0.15, 0.2) is 85.2 Å². The topological polar surface area (TPSA) is 69.0 Å². The summed E-state index contributed by atoms with van der Waals surface area (Å²) in [6.07, 6.45) is 3.48. The lowest BCUT2D eigenvalue weighted by Crippen LogP contribution is -2.23. The van der Waals surface area contributed by atoms with Crippen LogP contribution >= 0.6 is 0 Å². The second-order valence-corrected chi connectivity index (χ2v) is 6.43. The number of aromatic nitrogens is 3. The first-order valence-corrected chi connectivity index (χ1v) is 9.21. The number of amides is 1. The second kappa shape index (κ2) is 8.39. The van der Waals surface area contributed by atoms with Gasteiger partial charge in [-0.25, -0.2) is 4.68 Å². The zero-order valence-electron chi connectivity index (χ0n) is 15.9. The van der Waals surface area contributed by atoms with Crippen LogP contribution in [0.2, 0.25) is 0 Å². The molecule has 2 aromatic heterocycles. The normalized spacial score (nSPS) is 10.5. The smallest absolute Gasteiger partial charge is 0.272 e. The Kier molecular flexibility index (Phi) is 5.33. The average Bonchev–Trinajstić information content (AvgIpc) is 3.25. The summed E-state index contributed by atoms with van der Waals surface area (Å²) in [5, 5.41) is 7.48. The zero-order chi connectivity index (χ0) is 20.1. The van der Waals surface area contributed by atoms with E-state index in [4.69, 9.17) is 4.74 Å². The van der Waals surface area contributed by atoms with Gasteiger partial charge in [-0.2, -0.15) is 5.10 Å². The maximum atomic E-state index is 12.7. The van der Waals surface area contributed by atoms with Crippen LogP contribution in [-0.4, -0.2) is 27.8 Å². The fourth-order valence-electron chi connectivity index (χ4n) is 2.99. The van der Waals surface area contributed by atoms with E-state index in [2.05, 4.69) is 15.4 Å². The van der Waals surface area contributed by atoms with Crippen LogP contribution in [0.3, 0.4) is 0 Å². The molecule has 0 radical (unpaired) electrons. The molecule has 0 atom stereocenters. The predicted molar refractivity (Wildman–Crippen MR) is 111 cm³/mol. The fourth-order valence-corrected chi connectivity index (χ4v) is 2.99. The van der Waals surface area contributed by atoms with Gasteiger partial charge in [0.2, 0.25) is 0 Å². The van der Waals surface area contributed by atoms with E-state index < -0.39 is 0 Å². The SMILES string of the molecule is COc1ccc(CNC(=O)c2cc(-c3cccnc3)n(-c3ccccc3)n2)cc1. The highest BCUT2D eigenvalue weighted by Crippen LogP contribution is 2.23. The number of methoxy groups -OCH3 is 1.